The van der Waals surface area contributed by atoms with Crippen molar-refractivity contribution in [1.29, 1.82) is 0 Å². The van der Waals surface area contributed by atoms with Crippen LogP contribution in [0.1, 0.15) is 30.1 Å². The number of anilines is 1. The standard InChI is InChI=1S/C12H14N2O2.ClH/c15-11-3-5-14-4-1-2-8-6-9(13-16)7-10(11)12(8)14;/h6-7,11,15H,1-5H2;1H. The molecule has 0 aliphatic carbocycles. The summed E-state index contributed by atoms with van der Waals surface area (Å²) in [5, 5.41) is 13.0. The van der Waals surface area contributed by atoms with Crippen molar-refractivity contribution in [2.75, 3.05) is 18.0 Å². The third-order valence-corrected chi connectivity index (χ3v) is 3.53. The lowest BCUT2D eigenvalue weighted by atomic mass is 9.90. The largest absolute Gasteiger partial charge is 0.388 e. The Morgan fingerprint density at radius 2 is 2.18 bits per heavy atom. The Kier molecular flexibility index (Phi) is 3.35. The summed E-state index contributed by atoms with van der Waals surface area (Å²) in [5.74, 6) is 0. The average Bonchev–Trinajstić information content (AvgIpc) is 2.33. The van der Waals surface area contributed by atoms with Crippen molar-refractivity contribution in [2.24, 2.45) is 5.18 Å². The zero-order chi connectivity index (χ0) is 11.1. The van der Waals surface area contributed by atoms with Crippen LogP contribution in [0.15, 0.2) is 17.3 Å². The minimum atomic E-state index is -0.440. The summed E-state index contributed by atoms with van der Waals surface area (Å²) >= 11 is 0. The molecule has 2 heterocycles. The Bertz CT molecular complexity index is 450. The molecule has 4 nitrogen and oxygen atoms in total. The lowest BCUT2D eigenvalue weighted by Gasteiger charge is -2.38. The highest BCUT2D eigenvalue weighted by molar-refractivity contribution is 5.85. The van der Waals surface area contributed by atoms with E-state index in [0.29, 0.717) is 5.69 Å². The van der Waals surface area contributed by atoms with Crippen molar-refractivity contribution in [1.82, 2.24) is 0 Å². The fourth-order valence-corrected chi connectivity index (χ4v) is 2.81. The van der Waals surface area contributed by atoms with E-state index in [2.05, 4.69) is 10.1 Å². The van der Waals surface area contributed by atoms with Gasteiger partial charge in [-0.1, -0.05) is 0 Å². The molecule has 0 fully saturated rings. The summed E-state index contributed by atoms with van der Waals surface area (Å²) in [6.07, 6.45) is 2.40. The lowest BCUT2D eigenvalue weighted by Crippen LogP contribution is -2.35. The van der Waals surface area contributed by atoms with Crippen LogP contribution >= 0.6 is 12.4 Å². The van der Waals surface area contributed by atoms with E-state index in [9.17, 15) is 10.0 Å². The van der Waals surface area contributed by atoms with E-state index in [4.69, 9.17) is 0 Å². The van der Waals surface area contributed by atoms with Crippen molar-refractivity contribution in [2.45, 2.75) is 25.4 Å². The van der Waals surface area contributed by atoms with Crippen LogP contribution in [0.4, 0.5) is 11.4 Å². The smallest absolute Gasteiger partial charge is 0.108 e. The number of hydrogen-bond acceptors (Lipinski definition) is 4. The zero-order valence-corrected chi connectivity index (χ0v) is 10.2. The Morgan fingerprint density at radius 3 is 2.94 bits per heavy atom. The first-order valence-corrected chi connectivity index (χ1v) is 5.73. The summed E-state index contributed by atoms with van der Waals surface area (Å²) in [6, 6.07) is 3.59. The third-order valence-electron chi connectivity index (χ3n) is 3.53. The van der Waals surface area contributed by atoms with Gasteiger partial charge in [0.2, 0.25) is 0 Å². The minimum Gasteiger partial charge on any atom is -0.388 e. The second kappa shape index (κ2) is 4.63. The molecule has 0 saturated carbocycles. The molecule has 5 heteroatoms. The fourth-order valence-electron chi connectivity index (χ4n) is 2.81. The second-order valence-corrected chi connectivity index (χ2v) is 4.53. The minimum absolute atomic E-state index is 0. The number of aliphatic hydroxyl groups is 1. The number of halogens is 1. The molecule has 1 N–H and O–H groups in total. The van der Waals surface area contributed by atoms with Crippen LogP contribution in [0.3, 0.4) is 0 Å². The summed E-state index contributed by atoms with van der Waals surface area (Å²) in [7, 11) is 0. The number of aliphatic hydroxyl groups excluding tert-OH is 1. The maximum absolute atomic E-state index is 10.6. The van der Waals surface area contributed by atoms with E-state index in [-0.39, 0.29) is 12.4 Å². The number of nitrogens with zero attached hydrogens (tertiary/aromatic N) is 2. The van der Waals surface area contributed by atoms with Gasteiger partial charge in [0.05, 0.1) is 6.10 Å². The number of hydrogen-bond donors (Lipinski definition) is 1. The number of benzene rings is 1. The summed E-state index contributed by atoms with van der Waals surface area (Å²) in [4.78, 5) is 12.9. The molecule has 0 radical (unpaired) electrons. The Balaban J connectivity index is 0.00000108. The van der Waals surface area contributed by atoms with Gasteiger partial charge in [-0.25, -0.2) is 0 Å². The van der Waals surface area contributed by atoms with Crippen molar-refractivity contribution < 1.29 is 5.11 Å². The molecule has 1 aromatic rings. The monoisotopic (exact) mass is 254 g/mol. The molecule has 92 valence electrons. The predicted octanol–water partition coefficient (Wildman–Crippen LogP) is 2.70. The molecule has 3 rings (SSSR count). The second-order valence-electron chi connectivity index (χ2n) is 4.53. The van der Waals surface area contributed by atoms with Crippen LogP contribution in [-0.2, 0) is 6.42 Å². The van der Waals surface area contributed by atoms with Crippen LogP contribution in [0.2, 0.25) is 0 Å². The molecule has 1 atom stereocenters. The van der Waals surface area contributed by atoms with Crippen molar-refractivity contribution >= 4 is 23.8 Å². The molecule has 1 aromatic carbocycles. The molecule has 2 aliphatic rings. The van der Waals surface area contributed by atoms with Crippen LogP contribution in [0, 0.1) is 4.91 Å². The van der Waals surface area contributed by atoms with Gasteiger partial charge in [0.15, 0.2) is 0 Å². The molecule has 17 heavy (non-hydrogen) atoms. The van der Waals surface area contributed by atoms with E-state index in [1.807, 2.05) is 6.07 Å². The van der Waals surface area contributed by atoms with Crippen LogP contribution in [-0.4, -0.2) is 18.2 Å². The van der Waals surface area contributed by atoms with Gasteiger partial charge in [-0.2, -0.15) is 0 Å². The number of rotatable bonds is 1. The van der Waals surface area contributed by atoms with Gasteiger partial charge < -0.3 is 10.0 Å². The molecular weight excluding hydrogens is 240 g/mol. The maximum Gasteiger partial charge on any atom is 0.108 e. The lowest BCUT2D eigenvalue weighted by molar-refractivity contribution is 0.163. The van der Waals surface area contributed by atoms with Gasteiger partial charge in [-0.3, -0.25) is 0 Å². The Hall–Kier alpha value is -1.13. The molecule has 0 amide bonds. The normalized spacial score (nSPS) is 21.5. The first kappa shape index (κ1) is 12.3. The fraction of sp³-hybridized carbons (Fsp3) is 0.500. The van der Waals surface area contributed by atoms with E-state index < -0.39 is 6.10 Å². The highest BCUT2D eigenvalue weighted by atomic mass is 35.5. The average molecular weight is 255 g/mol. The quantitative estimate of drug-likeness (QED) is 0.784. The van der Waals surface area contributed by atoms with Gasteiger partial charge >= 0.3 is 0 Å². The summed E-state index contributed by atoms with van der Waals surface area (Å²) < 4.78 is 0. The first-order chi connectivity index (χ1) is 7.79. The van der Waals surface area contributed by atoms with E-state index in [0.717, 1.165) is 49.2 Å². The Morgan fingerprint density at radius 1 is 1.35 bits per heavy atom. The molecule has 0 saturated heterocycles. The van der Waals surface area contributed by atoms with E-state index >= 15 is 0 Å². The number of nitroso groups, excluding NO2 is 1. The van der Waals surface area contributed by atoms with Crippen LogP contribution < -0.4 is 4.90 Å². The summed E-state index contributed by atoms with van der Waals surface area (Å²) in [6.45, 7) is 1.97. The molecule has 0 aromatic heterocycles. The van der Waals surface area contributed by atoms with Crippen LogP contribution in [0.5, 0.6) is 0 Å². The third kappa shape index (κ3) is 1.91. The highest BCUT2D eigenvalue weighted by Crippen LogP contribution is 2.41. The molecular formula is C12H15ClN2O2. The molecule has 2 aliphatic heterocycles. The first-order valence-electron chi connectivity index (χ1n) is 5.73. The summed E-state index contributed by atoms with van der Waals surface area (Å²) in [5.41, 5.74) is 3.64. The van der Waals surface area contributed by atoms with Crippen molar-refractivity contribution in [3.05, 3.63) is 28.2 Å². The topological polar surface area (TPSA) is 52.9 Å². The number of aryl methyl sites for hydroxylation is 1. The highest BCUT2D eigenvalue weighted by Gasteiger charge is 2.28. The van der Waals surface area contributed by atoms with Crippen molar-refractivity contribution in [3.63, 3.8) is 0 Å². The van der Waals surface area contributed by atoms with E-state index in [1.54, 1.807) is 6.07 Å². The SMILES string of the molecule is Cl.O=Nc1cc2c3c(c1)C(O)CCN3CCC2. The van der Waals surface area contributed by atoms with E-state index in [1.165, 1.54) is 0 Å². The molecule has 0 bridgehead atoms. The molecule has 1 unspecified atom stereocenters. The van der Waals surface area contributed by atoms with Gasteiger partial charge in [-0.15, -0.1) is 17.3 Å². The van der Waals surface area contributed by atoms with Gasteiger partial charge in [-0.05, 0) is 42.1 Å². The van der Waals surface area contributed by atoms with Gasteiger partial charge in [0.25, 0.3) is 0 Å². The maximum atomic E-state index is 10.6. The molecule has 0 spiro atoms. The van der Waals surface area contributed by atoms with Crippen LogP contribution in [0.25, 0.3) is 0 Å². The predicted molar refractivity (Wildman–Crippen MR) is 69.3 cm³/mol. The van der Waals surface area contributed by atoms with Gasteiger partial charge in [0, 0.05) is 24.3 Å². The Labute approximate surface area is 106 Å². The van der Waals surface area contributed by atoms with Crippen molar-refractivity contribution in [3.8, 4) is 0 Å². The van der Waals surface area contributed by atoms with Gasteiger partial charge in [0.1, 0.15) is 5.69 Å². The zero-order valence-electron chi connectivity index (χ0n) is 9.43.